The van der Waals surface area contributed by atoms with Gasteiger partial charge in [0.25, 0.3) is 5.78 Å². The van der Waals surface area contributed by atoms with Gasteiger partial charge in [0, 0.05) is 21.1 Å². The van der Waals surface area contributed by atoms with E-state index in [1.54, 1.807) is 24.0 Å². The van der Waals surface area contributed by atoms with E-state index in [0.29, 0.717) is 36.7 Å². The maximum absolute atomic E-state index is 14.0. The molecule has 32 heavy (non-hydrogen) atoms. The summed E-state index contributed by atoms with van der Waals surface area (Å²) in [6.45, 7) is 0.432. The second-order valence-corrected chi connectivity index (χ2v) is 7.38. The van der Waals surface area contributed by atoms with Crippen molar-refractivity contribution in [2.24, 2.45) is 0 Å². The fourth-order valence-electron chi connectivity index (χ4n) is 3.73. The zero-order valence-electron chi connectivity index (χ0n) is 17.4. The normalized spacial score (nSPS) is 18.9. The molecule has 1 amide bonds. The first-order valence-electron chi connectivity index (χ1n) is 10.1. The van der Waals surface area contributed by atoms with E-state index in [0.717, 1.165) is 5.56 Å². The predicted molar refractivity (Wildman–Crippen MR) is 118 cm³/mol. The number of hydrogen-bond acceptors (Lipinski definition) is 5. The molecule has 0 saturated carbocycles. The van der Waals surface area contributed by atoms with E-state index < -0.39 is 12.0 Å². The van der Waals surface area contributed by atoms with Crippen LogP contribution in [0, 0.1) is 12.3 Å². The van der Waals surface area contributed by atoms with Crippen LogP contribution in [0.25, 0.3) is 0 Å². The molecule has 2 atom stereocenters. The minimum absolute atomic E-state index is 0. The molecule has 0 radical (unpaired) electrons. The van der Waals surface area contributed by atoms with Crippen molar-refractivity contribution in [3.05, 3.63) is 71.7 Å². The largest absolute Gasteiger partial charge is 0.489 e. The number of rotatable bonds is 2. The third-order valence-corrected chi connectivity index (χ3v) is 5.38. The van der Waals surface area contributed by atoms with Crippen molar-refractivity contribution in [2.45, 2.75) is 25.1 Å². The number of ether oxygens (including phenoxy) is 1. The highest BCUT2D eigenvalue weighted by Gasteiger charge is 2.34. The van der Waals surface area contributed by atoms with Crippen LogP contribution in [0.4, 0.5) is 10.2 Å². The van der Waals surface area contributed by atoms with Gasteiger partial charge in [-0.25, -0.2) is 9.37 Å². The molecule has 0 spiro atoms. The number of terminal acetylenes is 1. The van der Waals surface area contributed by atoms with Gasteiger partial charge >= 0.3 is 0 Å². The van der Waals surface area contributed by atoms with E-state index in [2.05, 4.69) is 10.1 Å². The Morgan fingerprint density at radius 3 is 2.81 bits per heavy atom. The Balaban J connectivity index is 0.000000192. The van der Waals surface area contributed by atoms with Crippen LogP contribution in [0.5, 0.6) is 5.75 Å². The Labute approximate surface area is 186 Å². The number of hydrogen-bond donors (Lipinski definition) is 0. The topological polar surface area (TPSA) is 77.3 Å². The average Bonchev–Trinajstić information content (AvgIpc) is 3.35. The molecule has 0 aliphatic carbocycles. The quantitative estimate of drug-likeness (QED) is 0.349. The predicted octanol–water partition coefficient (Wildman–Crippen LogP) is 3.78. The summed E-state index contributed by atoms with van der Waals surface area (Å²) in [5.41, 5.74) is 1.54. The number of benzene rings is 1. The number of anilines is 1. The molecule has 164 valence electrons. The fraction of sp³-hybridized carbons (Fsp3) is 0.250. The number of alkyl halides is 1. The minimum Gasteiger partial charge on any atom is -0.489 e. The number of ketones is 1. The monoisotopic (exact) mass is 434 g/mol. The summed E-state index contributed by atoms with van der Waals surface area (Å²) in [7, 11) is 1.71. The lowest BCUT2D eigenvalue weighted by Gasteiger charge is -2.13. The number of fused-ring (bicyclic) bond motifs is 2. The lowest BCUT2D eigenvalue weighted by Crippen LogP contribution is -2.25. The molecule has 5 rings (SSSR count). The number of carbonyl (C=O) groups excluding carboxylic acids is 2. The van der Waals surface area contributed by atoms with Crippen molar-refractivity contribution in [2.75, 3.05) is 18.6 Å². The maximum Gasteiger partial charge on any atom is 0.255 e. The lowest BCUT2D eigenvalue weighted by molar-refractivity contribution is -0.118. The molecular formula is C24H23FN4O3. The fourth-order valence-corrected chi connectivity index (χ4v) is 3.73. The van der Waals surface area contributed by atoms with Gasteiger partial charge < -0.3 is 4.74 Å². The van der Waals surface area contributed by atoms with E-state index in [9.17, 15) is 14.0 Å². The summed E-state index contributed by atoms with van der Waals surface area (Å²) in [5, 5.41) is 4.15. The molecule has 0 unspecified atom stereocenters. The van der Waals surface area contributed by atoms with E-state index in [1.165, 1.54) is 11.0 Å². The first kappa shape index (κ1) is 21.2. The van der Waals surface area contributed by atoms with Gasteiger partial charge in [-0.2, -0.15) is 5.10 Å². The lowest BCUT2D eigenvalue weighted by atomic mass is 10.0. The van der Waals surface area contributed by atoms with Crippen LogP contribution >= 0.6 is 0 Å². The Morgan fingerprint density at radius 1 is 1.28 bits per heavy atom. The van der Waals surface area contributed by atoms with Crippen LogP contribution in [0.3, 0.4) is 0 Å². The van der Waals surface area contributed by atoms with Crippen LogP contribution in [-0.2, 0) is 4.79 Å². The third-order valence-electron chi connectivity index (χ3n) is 5.38. The van der Waals surface area contributed by atoms with Gasteiger partial charge in [0.1, 0.15) is 11.9 Å². The van der Waals surface area contributed by atoms with Gasteiger partial charge in [-0.3, -0.25) is 19.2 Å². The molecule has 0 N–H and O–H groups in total. The van der Waals surface area contributed by atoms with Gasteiger partial charge in [0.15, 0.2) is 11.6 Å². The number of aromatic nitrogens is 3. The van der Waals surface area contributed by atoms with Gasteiger partial charge in [0.05, 0.1) is 24.8 Å². The molecule has 1 aromatic carbocycles. The first-order valence-corrected chi connectivity index (χ1v) is 10.1. The molecule has 3 aromatic rings. The Morgan fingerprint density at radius 2 is 2.06 bits per heavy atom. The van der Waals surface area contributed by atoms with E-state index >= 15 is 0 Å². The van der Waals surface area contributed by atoms with Gasteiger partial charge in [-0.05, 0) is 29.7 Å². The number of carbonyl (C=O) groups is 2. The molecule has 0 saturated heterocycles. The Kier molecular flexibility index (Phi) is 5.99. The van der Waals surface area contributed by atoms with Crippen LogP contribution < -0.4 is 9.64 Å². The van der Waals surface area contributed by atoms with Crippen molar-refractivity contribution in [3.63, 3.8) is 0 Å². The van der Waals surface area contributed by atoms with E-state index in [-0.39, 0.29) is 19.1 Å². The summed E-state index contributed by atoms with van der Waals surface area (Å²) in [6.07, 6.45) is 6.35. The average molecular weight is 434 g/mol. The van der Waals surface area contributed by atoms with Crippen molar-refractivity contribution < 1.29 is 20.1 Å². The van der Waals surface area contributed by atoms with Gasteiger partial charge in [-0.15, -0.1) is 6.42 Å². The molecule has 0 bridgehead atoms. The zero-order chi connectivity index (χ0) is 22.7. The van der Waals surface area contributed by atoms with Gasteiger partial charge in [-0.1, -0.05) is 30.3 Å². The second kappa shape index (κ2) is 9.02. The van der Waals surface area contributed by atoms with Crippen LogP contribution in [-0.4, -0.2) is 40.1 Å². The van der Waals surface area contributed by atoms with Crippen LogP contribution in [0.1, 0.15) is 48.2 Å². The molecule has 8 heteroatoms. The molecule has 2 aliphatic heterocycles. The minimum atomic E-state index is -1.11. The summed E-state index contributed by atoms with van der Waals surface area (Å²) in [5.74, 6) is 2.81. The summed E-state index contributed by atoms with van der Waals surface area (Å²) < 4.78 is 20.9. The first-order chi connectivity index (χ1) is 15.5. The zero-order valence-corrected chi connectivity index (χ0v) is 17.4. The number of amides is 1. The van der Waals surface area contributed by atoms with Crippen molar-refractivity contribution in [1.82, 2.24) is 14.8 Å². The molecule has 2 aliphatic rings. The van der Waals surface area contributed by atoms with E-state index in [1.807, 2.05) is 42.3 Å². The third kappa shape index (κ3) is 4.10. The highest BCUT2D eigenvalue weighted by Crippen LogP contribution is 2.40. The highest BCUT2D eigenvalue weighted by molar-refractivity contribution is 6.07. The number of nitrogens with zero attached hydrogens (tertiary/aromatic N) is 4. The molecular weight excluding hydrogens is 411 g/mol. The summed E-state index contributed by atoms with van der Waals surface area (Å²) in [4.78, 5) is 28.4. The molecule has 4 heterocycles. The van der Waals surface area contributed by atoms with Crippen molar-refractivity contribution >= 4 is 17.5 Å². The molecule has 7 nitrogen and oxygen atoms in total. The Bertz CT molecular complexity index is 1190. The molecule has 0 fully saturated rings. The second-order valence-electron chi connectivity index (χ2n) is 7.38. The van der Waals surface area contributed by atoms with Crippen LogP contribution in [0.15, 0.2) is 54.7 Å². The Hall–Kier alpha value is -3.99. The van der Waals surface area contributed by atoms with E-state index in [4.69, 9.17) is 11.2 Å². The highest BCUT2D eigenvalue weighted by atomic mass is 19.1. The summed E-state index contributed by atoms with van der Waals surface area (Å²) in [6, 6.07) is 14.5. The number of halogens is 1. The number of Topliss-reactive ketones (excluding diaryl/α,β-unsaturated/α-hetero) is 1. The summed E-state index contributed by atoms with van der Waals surface area (Å²) >= 11 is 0. The standard InChI is InChI=1S/C15H11FN2O.C9H10N2O2.H2/c1-2-15(19)12-9-14-11(16)8-13(18(14)17-12)10-6-4-3-5-7-10;1-11-8(12)4-6-13-7-3-2-5-10-9(7)11;/h1,3-7,9,11,13H,8H2;2-3,5H,4,6H2,1H3;1H/t11-,13-;;/m0../s1. The SMILES string of the molecule is C#CC(=O)c1cc2n(n1)[C@H](c1ccccc1)C[C@@H]2F.CN1C(=O)CCOc2cccnc21.[HH]. The molecule has 2 aromatic heterocycles. The van der Waals surface area contributed by atoms with Crippen molar-refractivity contribution in [1.29, 1.82) is 0 Å². The van der Waals surface area contributed by atoms with Crippen LogP contribution in [0.2, 0.25) is 0 Å². The number of pyridine rings is 1. The maximum atomic E-state index is 14.0. The van der Waals surface area contributed by atoms with Gasteiger partial charge in [0.2, 0.25) is 5.91 Å². The van der Waals surface area contributed by atoms with Crippen molar-refractivity contribution in [3.8, 4) is 18.1 Å². The smallest absolute Gasteiger partial charge is 0.255 e.